The average molecular weight is 263 g/mol. The van der Waals surface area contributed by atoms with E-state index in [1.54, 1.807) is 18.2 Å². The molecule has 106 valence electrons. The second-order valence-electron chi connectivity index (χ2n) is 5.00. The predicted octanol–water partition coefficient (Wildman–Crippen LogP) is 2.89. The molecule has 0 saturated carbocycles. The fraction of sp³-hybridized carbons (Fsp3) is 0.533. The van der Waals surface area contributed by atoms with Crippen LogP contribution < -0.4 is 11.5 Å². The van der Waals surface area contributed by atoms with Crippen LogP contribution in [0.15, 0.2) is 18.2 Å². The lowest BCUT2D eigenvalue weighted by Crippen LogP contribution is -2.39. The highest BCUT2D eigenvalue weighted by molar-refractivity contribution is 5.96. The number of benzene rings is 1. The Hall–Kier alpha value is -1.71. The van der Waals surface area contributed by atoms with E-state index in [9.17, 15) is 4.79 Å². The maximum atomic E-state index is 12.6. The van der Waals surface area contributed by atoms with Crippen molar-refractivity contribution in [1.29, 1.82) is 0 Å². The van der Waals surface area contributed by atoms with Gasteiger partial charge in [-0.3, -0.25) is 4.79 Å². The van der Waals surface area contributed by atoms with Crippen molar-refractivity contribution in [3.05, 3.63) is 23.8 Å². The fourth-order valence-corrected chi connectivity index (χ4v) is 2.04. The maximum absolute atomic E-state index is 12.6. The zero-order valence-electron chi connectivity index (χ0n) is 12.1. The molecule has 0 spiro atoms. The molecular formula is C15H25N3O. The third-order valence-corrected chi connectivity index (χ3v) is 3.36. The Morgan fingerprint density at radius 3 is 2.26 bits per heavy atom. The second-order valence-corrected chi connectivity index (χ2v) is 5.00. The molecule has 0 aromatic heterocycles. The van der Waals surface area contributed by atoms with Gasteiger partial charge < -0.3 is 16.4 Å². The van der Waals surface area contributed by atoms with Crippen LogP contribution in [0, 0.1) is 0 Å². The van der Waals surface area contributed by atoms with Gasteiger partial charge in [-0.25, -0.2) is 0 Å². The number of carbonyl (C=O) groups excluding carboxylic acids is 1. The summed E-state index contributed by atoms with van der Waals surface area (Å²) >= 11 is 0. The van der Waals surface area contributed by atoms with Gasteiger partial charge in [0.25, 0.3) is 5.91 Å². The lowest BCUT2D eigenvalue weighted by molar-refractivity contribution is 0.0685. The van der Waals surface area contributed by atoms with Crippen molar-refractivity contribution in [3.8, 4) is 0 Å². The Morgan fingerprint density at radius 2 is 1.79 bits per heavy atom. The minimum Gasteiger partial charge on any atom is -0.399 e. The quantitative estimate of drug-likeness (QED) is 0.775. The van der Waals surface area contributed by atoms with E-state index in [-0.39, 0.29) is 11.9 Å². The molecule has 1 aromatic rings. The van der Waals surface area contributed by atoms with Gasteiger partial charge in [-0.1, -0.05) is 20.3 Å². The van der Waals surface area contributed by atoms with Gasteiger partial charge in [-0.2, -0.15) is 0 Å². The van der Waals surface area contributed by atoms with Gasteiger partial charge in [-0.15, -0.1) is 0 Å². The number of amides is 1. The molecule has 0 aliphatic heterocycles. The van der Waals surface area contributed by atoms with Gasteiger partial charge in [0, 0.05) is 29.5 Å². The normalized spacial score (nSPS) is 12.2. The number of hydrogen-bond donors (Lipinski definition) is 2. The Morgan fingerprint density at radius 1 is 1.21 bits per heavy atom. The summed E-state index contributed by atoms with van der Waals surface area (Å²) in [5.41, 5.74) is 13.1. The highest BCUT2D eigenvalue weighted by Crippen LogP contribution is 2.18. The highest BCUT2D eigenvalue weighted by atomic mass is 16.2. The molecule has 1 unspecified atom stereocenters. The summed E-state index contributed by atoms with van der Waals surface area (Å²) in [6, 6.07) is 5.28. The van der Waals surface area contributed by atoms with Gasteiger partial charge in [0.05, 0.1) is 0 Å². The Balaban J connectivity index is 2.97. The largest absolute Gasteiger partial charge is 0.399 e. The highest BCUT2D eigenvalue weighted by Gasteiger charge is 2.20. The first-order valence-electron chi connectivity index (χ1n) is 6.96. The topological polar surface area (TPSA) is 72.3 Å². The van der Waals surface area contributed by atoms with Crippen molar-refractivity contribution >= 4 is 17.3 Å². The molecule has 1 amide bonds. The molecule has 0 aliphatic rings. The van der Waals surface area contributed by atoms with E-state index in [2.05, 4.69) is 20.8 Å². The number of nitrogens with two attached hydrogens (primary N) is 2. The van der Waals surface area contributed by atoms with Crippen LogP contribution in [0.1, 0.15) is 50.4 Å². The minimum atomic E-state index is 0.0156. The van der Waals surface area contributed by atoms with Crippen molar-refractivity contribution in [2.24, 2.45) is 0 Å². The molecule has 19 heavy (non-hydrogen) atoms. The predicted molar refractivity (Wildman–Crippen MR) is 81.0 cm³/mol. The number of unbranched alkanes of at least 4 members (excludes halogenated alkanes) is 1. The zero-order valence-corrected chi connectivity index (χ0v) is 12.1. The minimum absolute atomic E-state index is 0.0156. The first kappa shape index (κ1) is 15.3. The monoisotopic (exact) mass is 263 g/mol. The molecule has 0 aliphatic carbocycles. The molecule has 4 nitrogen and oxygen atoms in total. The number of hydrogen-bond acceptors (Lipinski definition) is 3. The van der Waals surface area contributed by atoms with E-state index < -0.39 is 0 Å². The number of nitrogens with zero attached hydrogens (tertiary/aromatic N) is 1. The Kier molecular flexibility index (Phi) is 5.67. The van der Waals surface area contributed by atoms with E-state index in [0.717, 1.165) is 25.8 Å². The summed E-state index contributed by atoms with van der Waals surface area (Å²) in [7, 11) is 0. The Labute approximate surface area is 115 Å². The summed E-state index contributed by atoms with van der Waals surface area (Å²) in [5.74, 6) is 0.0156. The summed E-state index contributed by atoms with van der Waals surface area (Å²) < 4.78 is 0. The summed E-state index contributed by atoms with van der Waals surface area (Å²) in [4.78, 5) is 14.5. The lowest BCUT2D eigenvalue weighted by atomic mass is 10.1. The molecule has 0 heterocycles. The van der Waals surface area contributed by atoms with Crippen LogP contribution in [0.2, 0.25) is 0 Å². The van der Waals surface area contributed by atoms with Crippen LogP contribution in [0.25, 0.3) is 0 Å². The third-order valence-electron chi connectivity index (χ3n) is 3.36. The molecule has 0 saturated heterocycles. The fourth-order valence-electron chi connectivity index (χ4n) is 2.04. The standard InChI is InChI=1S/C15H25N3O/c1-4-6-7-18(11(3)5-2)15(19)12-8-13(16)10-14(17)9-12/h8-11H,4-7,16-17H2,1-3H3. The summed E-state index contributed by atoms with van der Waals surface area (Å²) in [5, 5.41) is 0. The molecule has 0 fully saturated rings. The SMILES string of the molecule is CCCCN(C(=O)c1cc(N)cc(N)c1)C(C)CC. The molecule has 1 rings (SSSR count). The molecule has 4 heteroatoms. The number of rotatable bonds is 6. The van der Waals surface area contributed by atoms with Crippen molar-refractivity contribution in [1.82, 2.24) is 4.90 Å². The molecule has 1 atom stereocenters. The van der Waals surface area contributed by atoms with E-state index in [1.165, 1.54) is 0 Å². The van der Waals surface area contributed by atoms with Crippen molar-refractivity contribution in [2.75, 3.05) is 18.0 Å². The summed E-state index contributed by atoms with van der Waals surface area (Å²) in [6.45, 7) is 7.06. The number of nitrogen functional groups attached to an aromatic ring is 2. The van der Waals surface area contributed by atoms with Gasteiger partial charge in [-0.05, 0) is 38.0 Å². The zero-order chi connectivity index (χ0) is 14.4. The van der Waals surface area contributed by atoms with Crippen LogP contribution in [-0.2, 0) is 0 Å². The van der Waals surface area contributed by atoms with Gasteiger partial charge in [0.15, 0.2) is 0 Å². The van der Waals surface area contributed by atoms with E-state index in [1.807, 2.05) is 4.90 Å². The van der Waals surface area contributed by atoms with Crippen molar-refractivity contribution < 1.29 is 4.79 Å². The van der Waals surface area contributed by atoms with Crippen LogP contribution >= 0.6 is 0 Å². The smallest absolute Gasteiger partial charge is 0.254 e. The Bertz CT molecular complexity index is 411. The van der Waals surface area contributed by atoms with Gasteiger partial charge in [0.2, 0.25) is 0 Å². The second kappa shape index (κ2) is 7.02. The molecule has 0 radical (unpaired) electrons. The van der Waals surface area contributed by atoms with Crippen molar-refractivity contribution in [3.63, 3.8) is 0 Å². The molecule has 0 bridgehead atoms. The van der Waals surface area contributed by atoms with Gasteiger partial charge >= 0.3 is 0 Å². The van der Waals surface area contributed by atoms with Crippen molar-refractivity contribution in [2.45, 2.75) is 46.1 Å². The lowest BCUT2D eigenvalue weighted by Gasteiger charge is -2.29. The van der Waals surface area contributed by atoms with Gasteiger partial charge in [0.1, 0.15) is 0 Å². The number of anilines is 2. The van der Waals surface area contributed by atoms with Crippen LogP contribution in [-0.4, -0.2) is 23.4 Å². The summed E-state index contributed by atoms with van der Waals surface area (Å²) in [6.07, 6.45) is 3.01. The van der Waals surface area contributed by atoms with Crippen LogP contribution in [0.3, 0.4) is 0 Å². The molecular weight excluding hydrogens is 238 g/mol. The van der Waals surface area contributed by atoms with E-state index in [0.29, 0.717) is 16.9 Å². The molecule has 1 aromatic carbocycles. The molecule has 4 N–H and O–H groups in total. The van der Waals surface area contributed by atoms with Crippen LogP contribution in [0.4, 0.5) is 11.4 Å². The first-order chi connectivity index (χ1) is 8.99. The average Bonchev–Trinajstić information content (AvgIpc) is 2.37. The third kappa shape index (κ3) is 4.16. The first-order valence-corrected chi connectivity index (χ1v) is 6.96. The van der Waals surface area contributed by atoms with E-state index >= 15 is 0 Å². The van der Waals surface area contributed by atoms with Crippen LogP contribution in [0.5, 0.6) is 0 Å². The number of carbonyl (C=O) groups is 1. The van der Waals surface area contributed by atoms with E-state index in [4.69, 9.17) is 11.5 Å². The maximum Gasteiger partial charge on any atom is 0.254 e.